The van der Waals surface area contributed by atoms with Crippen LogP contribution in [-0.2, 0) is 26.2 Å². The zero-order valence-corrected chi connectivity index (χ0v) is 23.7. The van der Waals surface area contributed by atoms with Crippen LogP contribution in [0.4, 0.5) is 5.69 Å². The van der Waals surface area contributed by atoms with E-state index in [2.05, 4.69) is 5.32 Å². The summed E-state index contributed by atoms with van der Waals surface area (Å²) in [5.41, 5.74) is 0.0755. The van der Waals surface area contributed by atoms with Gasteiger partial charge in [0.2, 0.25) is 21.8 Å². The second-order valence-corrected chi connectivity index (χ2v) is 12.6. The summed E-state index contributed by atoms with van der Waals surface area (Å²) in [5, 5.41) is 3.92. The van der Waals surface area contributed by atoms with Crippen LogP contribution in [0.5, 0.6) is 0 Å². The first-order valence-corrected chi connectivity index (χ1v) is 13.8. The first kappa shape index (κ1) is 29.5. The molecule has 0 bridgehead atoms. The average molecular weight is 583 g/mol. The molecule has 0 radical (unpaired) electrons. The van der Waals surface area contributed by atoms with Crippen LogP contribution in [0.2, 0.25) is 20.1 Å². The normalized spacial score (nSPS) is 12.7. The molecule has 1 N–H and O–H groups in total. The van der Waals surface area contributed by atoms with E-state index in [1.807, 2.05) is 20.8 Å². The number of rotatable bonds is 8. The van der Waals surface area contributed by atoms with E-state index in [4.69, 9.17) is 46.4 Å². The molecule has 12 heteroatoms. The van der Waals surface area contributed by atoms with Crippen molar-refractivity contribution in [2.75, 3.05) is 17.1 Å². The predicted octanol–water partition coefficient (Wildman–Crippen LogP) is 5.40. The summed E-state index contributed by atoms with van der Waals surface area (Å²) in [6.45, 7) is 6.34. The fourth-order valence-corrected chi connectivity index (χ4v) is 5.06. The number of amides is 2. The van der Waals surface area contributed by atoms with Gasteiger partial charge in [-0.2, -0.15) is 0 Å². The molecule has 0 aliphatic heterocycles. The van der Waals surface area contributed by atoms with Crippen molar-refractivity contribution in [2.45, 2.75) is 45.8 Å². The number of sulfonamides is 1. The number of nitrogens with one attached hydrogen (secondary N) is 1. The molecule has 7 nitrogen and oxygen atoms in total. The Morgan fingerprint density at radius 3 is 2.00 bits per heavy atom. The summed E-state index contributed by atoms with van der Waals surface area (Å²) in [5.74, 6) is -1.05. The summed E-state index contributed by atoms with van der Waals surface area (Å²) < 4.78 is 26.1. The van der Waals surface area contributed by atoms with E-state index in [1.54, 1.807) is 19.1 Å². The third kappa shape index (κ3) is 8.43. The SMILES string of the molecule is C[C@@H](C(=O)NC(C)(C)C)N(Cc1ccc(Cl)cc1Cl)C(=O)CN(c1ccc(Cl)cc1Cl)S(C)(=O)=O. The molecule has 2 rings (SSSR count). The van der Waals surface area contributed by atoms with Gasteiger partial charge in [-0.1, -0.05) is 52.5 Å². The largest absolute Gasteiger partial charge is 0.350 e. The third-order valence-electron chi connectivity index (χ3n) is 4.88. The van der Waals surface area contributed by atoms with E-state index in [1.165, 1.54) is 29.2 Å². The molecule has 0 aliphatic carbocycles. The molecule has 0 spiro atoms. The Labute approximate surface area is 226 Å². The third-order valence-corrected chi connectivity index (χ3v) is 7.13. The minimum Gasteiger partial charge on any atom is -0.350 e. The van der Waals surface area contributed by atoms with E-state index in [-0.39, 0.29) is 17.3 Å². The number of anilines is 1. The van der Waals surface area contributed by atoms with Gasteiger partial charge in [0.15, 0.2) is 0 Å². The minimum absolute atomic E-state index is 0.0560. The van der Waals surface area contributed by atoms with Crippen LogP contribution in [0.3, 0.4) is 0 Å². The zero-order chi connectivity index (χ0) is 26.7. The lowest BCUT2D eigenvalue weighted by Crippen LogP contribution is -2.54. The Kier molecular flexibility index (Phi) is 9.75. The molecule has 0 saturated heterocycles. The minimum atomic E-state index is -3.93. The van der Waals surface area contributed by atoms with E-state index in [0.29, 0.717) is 20.6 Å². The molecule has 1 atom stereocenters. The van der Waals surface area contributed by atoms with Crippen LogP contribution in [0.15, 0.2) is 36.4 Å². The van der Waals surface area contributed by atoms with Crippen LogP contribution in [0.1, 0.15) is 33.3 Å². The van der Waals surface area contributed by atoms with Crippen molar-refractivity contribution in [3.05, 3.63) is 62.1 Å². The highest BCUT2D eigenvalue weighted by atomic mass is 35.5. The van der Waals surface area contributed by atoms with Crippen molar-refractivity contribution < 1.29 is 18.0 Å². The number of hydrogen-bond acceptors (Lipinski definition) is 4. The molecule has 0 aromatic heterocycles. The Hall–Kier alpha value is -1.71. The molecular weight excluding hydrogens is 556 g/mol. The molecule has 0 aliphatic rings. The second-order valence-electron chi connectivity index (χ2n) is 9.04. The van der Waals surface area contributed by atoms with Crippen LogP contribution in [0.25, 0.3) is 0 Å². The highest BCUT2D eigenvalue weighted by molar-refractivity contribution is 7.92. The van der Waals surface area contributed by atoms with E-state index in [0.717, 1.165) is 10.6 Å². The molecule has 0 saturated carbocycles. The van der Waals surface area contributed by atoms with Gasteiger partial charge in [-0.15, -0.1) is 0 Å². The Morgan fingerprint density at radius 1 is 0.971 bits per heavy atom. The fraction of sp³-hybridized carbons (Fsp3) is 0.391. The first-order chi connectivity index (χ1) is 16.0. The molecule has 0 unspecified atom stereocenters. The van der Waals surface area contributed by atoms with Crippen molar-refractivity contribution >= 4 is 73.9 Å². The lowest BCUT2D eigenvalue weighted by molar-refractivity contribution is -0.140. The topological polar surface area (TPSA) is 86.8 Å². The molecular formula is C23H27Cl4N3O4S. The maximum absolute atomic E-state index is 13.5. The second kappa shape index (κ2) is 11.6. The number of carbonyl (C=O) groups excluding carboxylic acids is 2. The summed E-state index contributed by atoms with van der Waals surface area (Å²) in [6, 6.07) is 8.09. The van der Waals surface area contributed by atoms with Gasteiger partial charge in [0.1, 0.15) is 12.6 Å². The maximum Gasteiger partial charge on any atom is 0.244 e. The fourth-order valence-electron chi connectivity index (χ4n) is 3.17. The zero-order valence-electron chi connectivity index (χ0n) is 19.9. The van der Waals surface area contributed by atoms with Crippen molar-refractivity contribution in [3.63, 3.8) is 0 Å². The van der Waals surface area contributed by atoms with E-state index < -0.39 is 40.0 Å². The van der Waals surface area contributed by atoms with E-state index in [9.17, 15) is 18.0 Å². The Balaban J connectivity index is 2.47. The molecule has 2 aromatic carbocycles. The van der Waals surface area contributed by atoms with Gasteiger partial charge in [-0.3, -0.25) is 13.9 Å². The van der Waals surface area contributed by atoms with Crippen molar-refractivity contribution in [3.8, 4) is 0 Å². The number of nitrogens with zero attached hydrogens (tertiary/aromatic N) is 2. The lowest BCUT2D eigenvalue weighted by atomic mass is 10.1. The van der Waals surface area contributed by atoms with Crippen LogP contribution >= 0.6 is 46.4 Å². The van der Waals surface area contributed by atoms with Gasteiger partial charge < -0.3 is 10.2 Å². The average Bonchev–Trinajstić information content (AvgIpc) is 2.69. The Morgan fingerprint density at radius 2 is 1.51 bits per heavy atom. The molecule has 2 aromatic rings. The number of halogens is 4. The summed E-state index contributed by atoms with van der Waals surface area (Å²) in [4.78, 5) is 27.8. The molecule has 0 fully saturated rings. The maximum atomic E-state index is 13.5. The number of benzene rings is 2. The van der Waals surface area contributed by atoms with Gasteiger partial charge in [0.25, 0.3) is 0 Å². The molecule has 0 heterocycles. The summed E-state index contributed by atoms with van der Waals surface area (Å²) >= 11 is 24.5. The predicted molar refractivity (Wildman–Crippen MR) is 143 cm³/mol. The van der Waals surface area contributed by atoms with Gasteiger partial charge in [-0.25, -0.2) is 8.42 Å². The molecule has 35 heavy (non-hydrogen) atoms. The Bertz CT molecular complexity index is 1220. The van der Waals surface area contributed by atoms with Gasteiger partial charge in [0.05, 0.1) is 17.0 Å². The van der Waals surface area contributed by atoms with Gasteiger partial charge in [0, 0.05) is 27.2 Å². The molecule has 2 amide bonds. The first-order valence-electron chi connectivity index (χ1n) is 10.5. The lowest BCUT2D eigenvalue weighted by Gasteiger charge is -2.33. The highest BCUT2D eigenvalue weighted by Crippen LogP contribution is 2.31. The quantitative estimate of drug-likeness (QED) is 0.451. The van der Waals surface area contributed by atoms with Crippen molar-refractivity contribution in [1.29, 1.82) is 0 Å². The smallest absolute Gasteiger partial charge is 0.244 e. The standard InChI is InChI=1S/C23H27Cl4N3O4S/c1-14(22(32)28-23(2,3)4)29(12-15-6-7-16(24)10-18(15)26)21(31)13-30(35(5,33)34)20-9-8-17(25)11-19(20)27/h6-11,14H,12-13H2,1-5H3,(H,28,32)/t14-/m0/s1. The van der Waals surface area contributed by atoms with Crippen molar-refractivity contribution in [1.82, 2.24) is 10.2 Å². The monoisotopic (exact) mass is 581 g/mol. The van der Waals surface area contributed by atoms with Crippen LogP contribution in [0, 0.1) is 0 Å². The van der Waals surface area contributed by atoms with Crippen molar-refractivity contribution in [2.24, 2.45) is 0 Å². The highest BCUT2D eigenvalue weighted by Gasteiger charge is 2.32. The van der Waals surface area contributed by atoms with Gasteiger partial charge in [-0.05, 0) is 63.6 Å². The van der Waals surface area contributed by atoms with E-state index >= 15 is 0 Å². The van der Waals surface area contributed by atoms with Crippen LogP contribution < -0.4 is 9.62 Å². The number of hydrogen-bond donors (Lipinski definition) is 1. The number of carbonyl (C=O) groups is 2. The van der Waals surface area contributed by atoms with Crippen LogP contribution in [-0.4, -0.2) is 49.5 Å². The molecule has 192 valence electrons. The van der Waals surface area contributed by atoms with Gasteiger partial charge >= 0.3 is 0 Å². The summed E-state index contributed by atoms with van der Waals surface area (Å²) in [7, 11) is -3.93. The summed E-state index contributed by atoms with van der Waals surface area (Å²) in [6.07, 6.45) is 0.960.